The fraction of sp³-hybridized carbons (Fsp3) is 0.350. The molecular weight excluding hydrogens is 270 g/mol. The summed E-state index contributed by atoms with van der Waals surface area (Å²) in [6.07, 6.45) is 0. The third-order valence-corrected chi connectivity index (χ3v) is 3.70. The monoisotopic (exact) mass is 295 g/mol. The van der Waals surface area contributed by atoms with E-state index in [4.69, 9.17) is 0 Å². The Balaban J connectivity index is 2.28. The maximum atomic E-state index is 12.8. The van der Waals surface area contributed by atoms with Gasteiger partial charge in [-0.25, -0.2) is 0 Å². The second kappa shape index (κ2) is 6.35. The minimum absolute atomic E-state index is 0.0853. The van der Waals surface area contributed by atoms with Gasteiger partial charge in [-0.05, 0) is 57.9 Å². The van der Waals surface area contributed by atoms with E-state index in [1.807, 2.05) is 47.4 Å². The van der Waals surface area contributed by atoms with Gasteiger partial charge < -0.3 is 4.90 Å². The first-order chi connectivity index (χ1) is 10.3. The van der Waals surface area contributed by atoms with Crippen LogP contribution in [0.2, 0.25) is 0 Å². The number of hydrogen-bond acceptors (Lipinski definition) is 1. The fourth-order valence-corrected chi connectivity index (χ4v) is 2.89. The van der Waals surface area contributed by atoms with E-state index in [1.165, 1.54) is 0 Å². The van der Waals surface area contributed by atoms with Crippen molar-refractivity contribution in [3.63, 3.8) is 0 Å². The molecule has 0 spiro atoms. The van der Waals surface area contributed by atoms with Crippen LogP contribution in [0.5, 0.6) is 0 Å². The second-order valence-corrected chi connectivity index (χ2v) is 6.88. The summed E-state index contributed by atoms with van der Waals surface area (Å²) in [5.41, 5.74) is 2.84. The third kappa shape index (κ3) is 3.56. The van der Waals surface area contributed by atoms with Crippen LogP contribution in [-0.2, 0) is 0 Å². The molecule has 0 bridgehead atoms. The van der Waals surface area contributed by atoms with Crippen molar-refractivity contribution < 1.29 is 4.79 Å². The van der Waals surface area contributed by atoms with Gasteiger partial charge >= 0.3 is 0 Å². The lowest BCUT2D eigenvalue weighted by Gasteiger charge is -2.39. The van der Waals surface area contributed by atoms with Gasteiger partial charge in [-0.15, -0.1) is 0 Å². The van der Waals surface area contributed by atoms with Crippen LogP contribution in [0.1, 0.15) is 45.0 Å². The van der Waals surface area contributed by atoms with Crippen molar-refractivity contribution in [2.75, 3.05) is 0 Å². The Morgan fingerprint density at radius 3 is 1.82 bits per heavy atom. The molecule has 22 heavy (non-hydrogen) atoms. The predicted molar refractivity (Wildman–Crippen MR) is 92.9 cm³/mol. The lowest BCUT2D eigenvalue weighted by Crippen LogP contribution is -2.49. The van der Waals surface area contributed by atoms with Gasteiger partial charge in [-0.2, -0.15) is 0 Å². The molecule has 116 valence electrons. The van der Waals surface area contributed by atoms with Gasteiger partial charge in [0.1, 0.15) is 0 Å². The molecule has 0 saturated carbocycles. The summed E-state index contributed by atoms with van der Waals surface area (Å²) in [6, 6.07) is 18.2. The molecule has 2 heteroatoms. The van der Waals surface area contributed by atoms with Crippen molar-refractivity contribution in [1.29, 1.82) is 0 Å². The van der Waals surface area contributed by atoms with E-state index in [-0.39, 0.29) is 17.5 Å². The Bertz CT molecular complexity index is 621. The summed E-state index contributed by atoms with van der Waals surface area (Å²) < 4.78 is 0. The molecule has 0 atom stereocenters. The summed E-state index contributed by atoms with van der Waals surface area (Å²) in [7, 11) is 0. The molecule has 0 aliphatic rings. The summed E-state index contributed by atoms with van der Waals surface area (Å²) in [5.74, 6) is 0.0853. The SMILES string of the molecule is CC(C)N(C(=O)c1ccc(-c2ccccc2)cc1)C(C)(C)C. The van der Waals surface area contributed by atoms with Gasteiger partial charge in [-0.3, -0.25) is 4.79 Å². The Hall–Kier alpha value is -2.09. The molecule has 0 aromatic heterocycles. The van der Waals surface area contributed by atoms with Gasteiger partial charge in [0.15, 0.2) is 0 Å². The number of amides is 1. The van der Waals surface area contributed by atoms with Crippen molar-refractivity contribution in [3.8, 4) is 11.1 Å². The Labute approximate surface area is 133 Å². The fourth-order valence-electron chi connectivity index (χ4n) is 2.89. The van der Waals surface area contributed by atoms with Crippen LogP contribution in [-0.4, -0.2) is 22.4 Å². The zero-order chi connectivity index (χ0) is 16.3. The molecule has 2 aromatic carbocycles. The minimum Gasteiger partial charge on any atom is -0.331 e. The number of benzene rings is 2. The van der Waals surface area contributed by atoms with Crippen LogP contribution in [0.25, 0.3) is 11.1 Å². The average Bonchev–Trinajstić information content (AvgIpc) is 2.46. The van der Waals surface area contributed by atoms with Crippen LogP contribution in [0.3, 0.4) is 0 Å². The number of carbonyl (C=O) groups is 1. The Morgan fingerprint density at radius 1 is 0.864 bits per heavy atom. The van der Waals surface area contributed by atoms with Crippen molar-refractivity contribution >= 4 is 5.91 Å². The third-order valence-electron chi connectivity index (χ3n) is 3.70. The Kier molecular flexibility index (Phi) is 4.70. The number of hydrogen-bond donors (Lipinski definition) is 0. The molecule has 1 amide bonds. The van der Waals surface area contributed by atoms with E-state index in [2.05, 4.69) is 46.8 Å². The van der Waals surface area contributed by atoms with E-state index in [0.717, 1.165) is 16.7 Å². The largest absolute Gasteiger partial charge is 0.331 e. The highest BCUT2D eigenvalue weighted by Crippen LogP contribution is 2.23. The molecule has 2 rings (SSSR count). The molecule has 2 nitrogen and oxygen atoms in total. The molecule has 0 aliphatic heterocycles. The maximum Gasteiger partial charge on any atom is 0.254 e. The molecule has 0 heterocycles. The zero-order valence-corrected chi connectivity index (χ0v) is 14.1. The second-order valence-electron chi connectivity index (χ2n) is 6.88. The normalized spacial score (nSPS) is 11.5. The molecule has 0 radical (unpaired) electrons. The average molecular weight is 295 g/mol. The number of carbonyl (C=O) groups excluding carboxylic acids is 1. The van der Waals surface area contributed by atoms with Crippen molar-refractivity contribution in [2.24, 2.45) is 0 Å². The van der Waals surface area contributed by atoms with Crippen molar-refractivity contribution in [3.05, 3.63) is 60.2 Å². The van der Waals surface area contributed by atoms with E-state index in [0.29, 0.717) is 0 Å². The first kappa shape index (κ1) is 16.3. The quantitative estimate of drug-likeness (QED) is 0.780. The van der Waals surface area contributed by atoms with E-state index in [1.54, 1.807) is 0 Å². The first-order valence-corrected chi connectivity index (χ1v) is 7.80. The first-order valence-electron chi connectivity index (χ1n) is 7.80. The topological polar surface area (TPSA) is 20.3 Å². The lowest BCUT2D eigenvalue weighted by molar-refractivity contribution is 0.0490. The predicted octanol–water partition coefficient (Wildman–Crippen LogP) is 5.00. The van der Waals surface area contributed by atoms with E-state index < -0.39 is 0 Å². The molecule has 0 aliphatic carbocycles. The van der Waals surface area contributed by atoms with Gasteiger partial charge in [0.25, 0.3) is 5.91 Å². The van der Waals surface area contributed by atoms with E-state index in [9.17, 15) is 4.79 Å². The van der Waals surface area contributed by atoms with Gasteiger partial charge in [-0.1, -0.05) is 42.5 Å². The lowest BCUT2D eigenvalue weighted by atomic mass is 9.99. The minimum atomic E-state index is -0.191. The van der Waals surface area contributed by atoms with Gasteiger partial charge in [0.05, 0.1) is 0 Å². The number of nitrogens with zero attached hydrogens (tertiary/aromatic N) is 1. The van der Waals surface area contributed by atoms with Crippen LogP contribution in [0.4, 0.5) is 0 Å². The van der Waals surface area contributed by atoms with Gasteiger partial charge in [0.2, 0.25) is 0 Å². The highest BCUT2D eigenvalue weighted by Gasteiger charge is 2.29. The van der Waals surface area contributed by atoms with Crippen LogP contribution in [0, 0.1) is 0 Å². The molecule has 0 saturated heterocycles. The molecule has 0 fully saturated rings. The summed E-state index contributed by atoms with van der Waals surface area (Å²) in [4.78, 5) is 14.7. The molecule has 0 unspecified atom stereocenters. The van der Waals surface area contributed by atoms with Crippen LogP contribution < -0.4 is 0 Å². The molecular formula is C20H25NO. The summed E-state index contributed by atoms with van der Waals surface area (Å²) in [5, 5.41) is 0. The van der Waals surface area contributed by atoms with Crippen molar-refractivity contribution in [2.45, 2.75) is 46.2 Å². The summed E-state index contributed by atoms with van der Waals surface area (Å²) in [6.45, 7) is 10.3. The number of rotatable bonds is 3. The highest BCUT2D eigenvalue weighted by atomic mass is 16.2. The maximum absolute atomic E-state index is 12.8. The molecule has 0 N–H and O–H groups in total. The highest BCUT2D eigenvalue weighted by molar-refractivity contribution is 5.95. The smallest absolute Gasteiger partial charge is 0.254 e. The van der Waals surface area contributed by atoms with Crippen LogP contribution >= 0.6 is 0 Å². The van der Waals surface area contributed by atoms with Crippen molar-refractivity contribution in [1.82, 2.24) is 4.90 Å². The zero-order valence-electron chi connectivity index (χ0n) is 14.1. The van der Waals surface area contributed by atoms with E-state index >= 15 is 0 Å². The van der Waals surface area contributed by atoms with Crippen LogP contribution in [0.15, 0.2) is 54.6 Å². The molecule has 2 aromatic rings. The van der Waals surface area contributed by atoms with Gasteiger partial charge in [0, 0.05) is 17.1 Å². The standard InChI is InChI=1S/C20H25NO/c1-15(2)21(20(3,4)5)19(22)18-13-11-17(12-14-18)16-9-7-6-8-10-16/h6-15H,1-5H3. The summed E-state index contributed by atoms with van der Waals surface area (Å²) >= 11 is 0. The Morgan fingerprint density at radius 2 is 1.36 bits per heavy atom.